The first kappa shape index (κ1) is 22.7. The summed E-state index contributed by atoms with van der Waals surface area (Å²) < 4.78 is 16.5. The molecular weight excluding hydrogens is 360 g/mol. The highest BCUT2D eigenvalue weighted by atomic mass is 16.6. The number of piperidine rings is 1. The molecule has 2 heterocycles. The molecule has 0 aliphatic carbocycles. The number of likely N-dealkylation sites (tertiary alicyclic amines) is 1. The Labute approximate surface area is 169 Å². The minimum absolute atomic E-state index is 0.227. The van der Waals surface area contributed by atoms with Gasteiger partial charge in [0.25, 0.3) is 0 Å². The van der Waals surface area contributed by atoms with Gasteiger partial charge in [-0.3, -0.25) is 4.99 Å². The van der Waals surface area contributed by atoms with Crippen LogP contribution >= 0.6 is 0 Å². The van der Waals surface area contributed by atoms with Crippen LogP contribution in [0.25, 0.3) is 0 Å². The van der Waals surface area contributed by atoms with E-state index in [0.717, 1.165) is 58.1 Å². The number of amides is 1. The smallest absolute Gasteiger partial charge is 0.407 e. The maximum atomic E-state index is 11.6. The van der Waals surface area contributed by atoms with Gasteiger partial charge >= 0.3 is 6.09 Å². The van der Waals surface area contributed by atoms with Crippen molar-refractivity contribution in [2.45, 2.75) is 58.7 Å². The van der Waals surface area contributed by atoms with Crippen molar-refractivity contribution < 1.29 is 19.0 Å². The number of aliphatic imine (C=N–C) groups is 1. The first-order chi connectivity index (χ1) is 13.2. The van der Waals surface area contributed by atoms with Gasteiger partial charge in [0.2, 0.25) is 0 Å². The van der Waals surface area contributed by atoms with Crippen LogP contribution in [0.3, 0.4) is 0 Å². The molecule has 8 heteroatoms. The molecule has 0 atom stereocenters. The van der Waals surface area contributed by atoms with Crippen LogP contribution in [-0.2, 0) is 14.2 Å². The molecule has 0 unspecified atom stereocenters. The molecular formula is C20H38N4O4. The van der Waals surface area contributed by atoms with E-state index in [-0.39, 0.29) is 17.6 Å². The highest BCUT2D eigenvalue weighted by Crippen LogP contribution is 2.25. The summed E-state index contributed by atoms with van der Waals surface area (Å²) in [7, 11) is 1.84. The first-order valence-electron chi connectivity index (χ1n) is 10.3. The second-order valence-electron chi connectivity index (χ2n) is 9.04. The van der Waals surface area contributed by atoms with Gasteiger partial charge in [0.15, 0.2) is 5.96 Å². The molecule has 0 aromatic carbocycles. The normalized spacial score (nSPS) is 20.5. The number of hydrogen-bond donors (Lipinski definition) is 2. The first-order valence-corrected chi connectivity index (χ1v) is 10.3. The second-order valence-corrected chi connectivity index (χ2v) is 9.04. The Bertz CT molecular complexity index is 521. The number of carbonyl (C=O) groups excluding carboxylic acids is 1. The van der Waals surface area contributed by atoms with Crippen molar-refractivity contribution in [1.82, 2.24) is 15.5 Å². The molecule has 0 spiro atoms. The minimum atomic E-state index is -0.465. The molecule has 1 amide bonds. The van der Waals surface area contributed by atoms with E-state index < -0.39 is 5.60 Å². The molecule has 2 N–H and O–H groups in total. The number of nitrogens with one attached hydrogen (secondary N) is 2. The van der Waals surface area contributed by atoms with E-state index in [4.69, 9.17) is 14.2 Å². The van der Waals surface area contributed by atoms with Crippen LogP contribution in [0.4, 0.5) is 4.79 Å². The number of guanidine groups is 1. The van der Waals surface area contributed by atoms with Crippen molar-refractivity contribution in [2.75, 3.05) is 53.0 Å². The summed E-state index contributed by atoms with van der Waals surface area (Å²) >= 11 is 0. The van der Waals surface area contributed by atoms with Crippen molar-refractivity contribution >= 4 is 12.1 Å². The summed E-state index contributed by atoms with van der Waals surface area (Å²) in [5, 5.41) is 6.25. The molecule has 0 aromatic heterocycles. The van der Waals surface area contributed by atoms with E-state index in [0.29, 0.717) is 13.2 Å². The standard InChI is InChI=1S/C20H38N4O4/c1-19(2,3)28-18(25)22-9-6-12-27-16-7-10-24(11-8-16)17(21-5)23-13-20(4)14-26-15-20/h16H,6-15H2,1-5H3,(H,21,23)(H,22,25). The van der Waals surface area contributed by atoms with E-state index in [2.05, 4.69) is 27.4 Å². The minimum Gasteiger partial charge on any atom is -0.444 e. The van der Waals surface area contributed by atoms with Gasteiger partial charge in [-0.1, -0.05) is 6.92 Å². The topological polar surface area (TPSA) is 84.4 Å². The monoisotopic (exact) mass is 398 g/mol. The van der Waals surface area contributed by atoms with E-state index in [9.17, 15) is 4.79 Å². The van der Waals surface area contributed by atoms with Crippen LogP contribution in [-0.4, -0.2) is 81.7 Å². The molecule has 2 aliphatic heterocycles. The summed E-state index contributed by atoms with van der Waals surface area (Å²) in [5.41, 5.74) is -0.238. The maximum Gasteiger partial charge on any atom is 0.407 e. The Kier molecular flexibility index (Phi) is 8.37. The quantitative estimate of drug-likeness (QED) is 0.388. The highest BCUT2D eigenvalue weighted by molar-refractivity contribution is 5.80. The molecule has 162 valence electrons. The van der Waals surface area contributed by atoms with Crippen LogP contribution < -0.4 is 10.6 Å². The fraction of sp³-hybridized carbons (Fsp3) is 0.900. The van der Waals surface area contributed by atoms with Crippen LogP contribution in [0.15, 0.2) is 4.99 Å². The predicted molar refractivity (Wildman–Crippen MR) is 110 cm³/mol. The molecule has 2 aliphatic rings. The van der Waals surface area contributed by atoms with Crippen LogP contribution in [0.5, 0.6) is 0 Å². The van der Waals surface area contributed by atoms with Crippen LogP contribution in [0.1, 0.15) is 47.0 Å². The molecule has 28 heavy (non-hydrogen) atoms. The lowest BCUT2D eigenvalue weighted by Gasteiger charge is -2.40. The van der Waals surface area contributed by atoms with E-state index in [1.54, 1.807) is 0 Å². The number of nitrogens with zero attached hydrogens (tertiary/aromatic N) is 2. The van der Waals surface area contributed by atoms with Gasteiger partial charge in [-0.25, -0.2) is 4.79 Å². The van der Waals surface area contributed by atoms with E-state index in [1.165, 1.54) is 0 Å². The zero-order valence-corrected chi connectivity index (χ0v) is 18.2. The summed E-state index contributed by atoms with van der Waals surface area (Å²) in [6.07, 6.45) is 2.65. The average Bonchev–Trinajstić information content (AvgIpc) is 2.60. The van der Waals surface area contributed by atoms with Crippen molar-refractivity contribution in [3.63, 3.8) is 0 Å². The molecule has 0 bridgehead atoms. The molecule has 2 rings (SSSR count). The number of carbonyl (C=O) groups is 1. The Morgan fingerprint density at radius 1 is 1.25 bits per heavy atom. The molecule has 0 radical (unpaired) electrons. The maximum absolute atomic E-state index is 11.6. The fourth-order valence-electron chi connectivity index (χ4n) is 3.24. The number of hydrogen-bond acceptors (Lipinski definition) is 5. The van der Waals surface area contributed by atoms with Gasteiger partial charge in [-0.05, 0) is 40.0 Å². The van der Waals surface area contributed by atoms with Crippen LogP contribution in [0, 0.1) is 5.41 Å². The summed E-state index contributed by atoms with van der Waals surface area (Å²) in [5.74, 6) is 0.966. The van der Waals surface area contributed by atoms with E-state index in [1.807, 2.05) is 27.8 Å². The van der Waals surface area contributed by atoms with Crippen molar-refractivity contribution in [1.29, 1.82) is 0 Å². The largest absolute Gasteiger partial charge is 0.444 e. The van der Waals surface area contributed by atoms with Crippen LogP contribution in [0.2, 0.25) is 0 Å². The second kappa shape index (κ2) is 10.3. The third-order valence-corrected chi connectivity index (χ3v) is 4.87. The molecule has 2 fully saturated rings. The lowest BCUT2D eigenvalue weighted by molar-refractivity contribution is -0.0973. The van der Waals surface area contributed by atoms with E-state index >= 15 is 0 Å². The molecule has 0 aromatic rings. The van der Waals surface area contributed by atoms with Gasteiger partial charge < -0.3 is 29.7 Å². The van der Waals surface area contributed by atoms with Crippen molar-refractivity contribution in [2.24, 2.45) is 10.4 Å². The zero-order chi connectivity index (χ0) is 20.6. The number of rotatable bonds is 7. The third kappa shape index (κ3) is 7.83. The summed E-state index contributed by atoms with van der Waals surface area (Å²) in [6, 6.07) is 0. The number of alkyl carbamates (subject to hydrolysis) is 1. The lowest BCUT2D eigenvalue weighted by atomic mass is 9.89. The van der Waals surface area contributed by atoms with Gasteiger partial charge in [-0.2, -0.15) is 0 Å². The fourth-order valence-corrected chi connectivity index (χ4v) is 3.24. The molecule has 0 saturated carbocycles. The third-order valence-electron chi connectivity index (χ3n) is 4.87. The van der Waals surface area contributed by atoms with Crippen molar-refractivity contribution in [3.05, 3.63) is 0 Å². The Morgan fingerprint density at radius 2 is 1.93 bits per heavy atom. The number of ether oxygens (including phenoxy) is 3. The van der Waals surface area contributed by atoms with Gasteiger partial charge in [0.05, 0.1) is 19.3 Å². The van der Waals surface area contributed by atoms with Gasteiger partial charge in [0, 0.05) is 45.2 Å². The lowest BCUT2D eigenvalue weighted by Crippen LogP contribution is -2.53. The summed E-state index contributed by atoms with van der Waals surface area (Å²) in [6.45, 7) is 13.4. The van der Waals surface area contributed by atoms with Crippen molar-refractivity contribution in [3.8, 4) is 0 Å². The predicted octanol–water partition coefficient (Wildman–Crippen LogP) is 1.99. The van der Waals surface area contributed by atoms with Gasteiger partial charge in [0.1, 0.15) is 5.60 Å². The Morgan fingerprint density at radius 3 is 2.46 bits per heavy atom. The highest BCUT2D eigenvalue weighted by Gasteiger charge is 2.34. The summed E-state index contributed by atoms with van der Waals surface area (Å²) in [4.78, 5) is 18.3. The molecule has 2 saturated heterocycles. The SMILES string of the molecule is CN=C(NCC1(C)COC1)N1CCC(OCCCNC(=O)OC(C)(C)C)CC1. The Balaban J connectivity index is 1.56. The molecule has 8 nitrogen and oxygen atoms in total. The zero-order valence-electron chi connectivity index (χ0n) is 18.2. The van der Waals surface area contributed by atoms with Gasteiger partial charge in [-0.15, -0.1) is 0 Å². The average molecular weight is 399 g/mol. The Hall–Kier alpha value is -1.54.